The molecule has 4 aromatic heterocycles. The third-order valence-corrected chi connectivity index (χ3v) is 5.42. The predicted octanol–water partition coefficient (Wildman–Crippen LogP) is 3.26. The number of aromatic nitrogens is 5. The quantitative estimate of drug-likeness (QED) is 0.537. The molecule has 4 rings (SSSR count). The van der Waals surface area contributed by atoms with E-state index in [0.717, 1.165) is 11.6 Å². The average molecular weight is 393 g/mol. The monoisotopic (exact) mass is 393 g/mol. The van der Waals surface area contributed by atoms with E-state index in [1.807, 2.05) is 0 Å². The maximum Gasteiger partial charge on any atom is 0.425 e. The molecule has 10 heteroatoms. The molecule has 0 aliphatic rings. The molecule has 140 valence electrons. The molecule has 0 saturated heterocycles. The first kappa shape index (κ1) is 17.5. The predicted molar refractivity (Wildman–Crippen MR) is 95.6 cm³/mol. The third kappa shape index (κ3) is 3.05. The van der Waals surface area contributed by atoms with Crippen molar-refractivity contribution in [3.8, 4) is 10.4 Å². The highest BCUT2D eigenvalue weighted by atomic mass is 32.1. The number of alkyl halides is 3. The van der Waals surface area contributed by atoms with Gasteiger partial charge in [-0.2, -0.15) is 18.3 Å². The van der Waals surface area contributed by atoms with Gasteiger partial charge in [-0.3, -0.25) is 13.8 Å². The van der Waals surface area contributed by atoms with Crippen LogP contribution in [0, 0.1) is 0 Å². The lowest BCUT2D eigenvalue weighted by Crippen LogP contribution is -2.22. The Morgan fingerprint density at radius 1 is 1.19 bits per heavy atom. The van der Waals surface area contributed by atoms with E-state index >= 15 is 0 Å². The fourth-order valence-corrected chi connectivity index (χ4v) is 3.80. The number of hydrogen-bond acceptors (Lipinski definition) is 4. The second-order valence-corrected chi connectivity index (χ2v) is 7.26. The highest BCUT2D eigenvalue weighted by Crippen LogP contribution is 2.38. The summed E-state index contributed by atoms with van der Waals surface area (Å²) in [5.74, 6) is 0. The van der Waals surface area contributed by atoms with E-state index in [-0.39, 0.29) is 5.69 Å². The second kappa shape index (κ2) is 6.08. The molecule has 4 heterocycles. The lowest BCUT2D eigenvalue weighted by Gasteiger charge is -2.03. The van der Waals surface area contributed by atoms with Crippen molar-refractivity contribution in [2.75, 3.05) is 0 Å². The smallest absolute Gasteiger partial charge is 0.286 e. The summed E-state index contributed by atoms with van der Waals surface area (Å²) in [5, 5.41) is 4.09. The molecule has 4 aromatic rings. The second-order valence-electron chi connectivity index (χ2n) is 6.18. The van der Waals surface area contributed by atoms with Gasteiger partial charge in [-0.15, -0.1) is 11.3 Å². The lowest BCUT2D eigenvalue weighted by atomic mass is 10.2. The number of fused-ring (bicyclic) bond motifs is 1. The summed E-state index contributed by atoms with van der Waals surface area (Å²) >= 11 is 0.653. The van der Waals surface area contributed by atoms with Crippen LogP contribution in [0.1, 0.15) is 10.4 Å². The molecule has 6 nitrogen and oxygen atoms in total. The minimum atomic E-state index is -4.38. The van der Waals surface area contributed by atoms with Crippen LogP contribution in [0.4, 0.5) is 13.2 Å². The first-order chi connectivity index (χ1) is 12.7. The molecule has 0 unspecified atom stereocenters. The van der Waals surface area contributed by atoms with Gasteiger partial charge in [0, 0.05) is 42.5 Å². The lowest BCUT2D eigenvalue weighted by molar-refractivity contribution is -0.134. The van der Waals surface area contributed by atoms with Gasteiger partial charge in [-0.1, -0.05) is 0 Å². The van der Waals surface area contributed by atoms with Crippen LogP contribution in [0.2, 0.25) is 0 Å². The highest BCUT2D eigenvalue weighted by molar-refractivity contribution is 7.15. The average Bonchev–Trinajstić information content (AvgIpc) is 3.31. The van der Waals surface area contributed by atoms with E-state index in [4.69, 9.17) is 0 Å². The van der Waals surface area contributed by atoms with Crippen LogP contribution < -0.4 is 5.69 Å². The number of thiophene rings is 1. The van der Waals surface area contributed by atoms with Crippen molar-refractivity contribution in [1.82, 2.24) is 23.9 Å². The Kier molecular flexibility index (Phi) is 3.95. The zero-order valence-electron chi connectivity index (χ0n) is 14.4. The Hall–Kier alpha value is -2.88. The summed E-state index contributed by atoms with van der Waals surface area (Å²) in [6.45, 7) is 0.299. The summed E-state index contributed by atoms with van der Waals surface area (Å²) in [6, 6.07) is 4.17. The van der Waals surface area contributed by atoms with Crippen LogP contribution in [-0.4, -0.2) is 23.9 Å². The van der Waals surface area contributed by atoms with Crippen LogP contribution in [0.25, 0.3) is 21.6 Å². The first-order valence-corrected chi connectivity index (χ1v) is 8.76. The summed E-state index contributed by atoms with van der Waals surface area (Å²) < 4.78 is 43.2. The minimum Gasteiger partial charge on any atom is -0.286 e. The first-order valence-electron chi connectivity index (χ1n) is 7.94. The van der Waals surface area contributed by atoms with Gasteiger partial charge >= 0.3 is 11.9 Å². The standard InChI is InChI=1S/C17H14F3N5OS/c1-23-8-10(6-22-23)9-25-12-5-11(7-21-15(12)24(2)16(25)26)13-3-4-14(27-13)17(18,19)20/h3-8H,9H2,1-2H3. The number of hydrogen-bond donors (Lipinski definition) is 0. The summed E-state index contributed by atoms with van der Waals surface area (Å²) in [7, 11) is 3.40. The van der Waals surface area contributed by atoms with Gasteiger partial charge < -0.3 is 0 Å². The Balaban J connectivity index is 1.82. The molecule has 0 aliphatic carbocycles. The molecular weight excluding hydrogens is 379 g/mol. The zero-order chi connectivity index (χ0) is 19.3. The number of rotatable bonds is 3. The molecular formula is C17H14F3N5OS. The van der Waals surface area contributed by atoms with Crippen molar-refractivity contribution in [3.63, 3.8) is 0 Å². The molecule has 0 aliphatic heterocycles. The molecule has 0 N–H and O–H groups in total. The summed E-state index contributed by atoms with van der Waals surface area (Å²) in [4.78, 5) is 16.7. The molecule has 0 radical (unpaired) electrons. The van der Waals surface area contributed by atoms with Gasteiger partial charge in [-0.25, -0.2) is 9.78 Å². The van der Waals surface area contributed by atoms with E-state index < -0.39 is 11.1 Å². The number of pyridine rings is 1. The van der Waals surface area contributed by atoms with Crippen LogP contribution in [0.3, 0.4) is 0 Å². The van der Waals surface area contributed by atoms with Crippen molar-refractivity contribution in [1.29, 1.82) is 0 Å². The van der Waals surface area contributed by atoms with Crippen LogP contribution in [0.15, 0.2) is 41.6 Å². The van der Waals surface area contributed by atoms with Crippen LogP contribution >= 0.6 is 11.3 Å². The molecule has 0 saturated carbocycles. The SMILES string of the molecule is Cn1cc(Cn2c(=O)n(C)c3ncc(-c4ccc(C(F)(F)F)s4)cc32)cn1. The third-order valence-electron chi connectivity index (χ3n) is 4.24. The maximum absolute atomic E-state index is 12.9. The Bertz CT molecular complexity index is 1200. The Morgan fingerprint density at radius 3 is 2.59 bits per heavy atom. The highest BCUT2D eigenvalue weighted by Gasteiger charge is 2.32. The van der Waals surface area contributed by atoms with Crippen molar-refractivity contribution in [2.45, 2.75) is 12.7 Å². The van der Waals surface area contributed by atoms with E-state index in [0.29, 0.717) is 39.5 Å². The summed E-state index contributed by atoms with van der Waals surface area (Å²) in [6.07, 6.45) is 0.576. The van der Waals surface area contributed by atoms with Crippen molar-refractivity contribution < 1.29 is 13.2 Å². The van der Waals surface area contributed by atoms with Gasteiger partial charge in [0.2, 0.25) is 0 Å². The number of aryl methyl sites for hydroxylation is 2. The number of halogens is 3. The Morgan fingerprint density at radius 2 is 1.96 bits per heavy atom. The minimum absolute atomic E-state index is 0.249. The maximum atomic E-state index is 12.9. The largest absolute Gasteiger partial charge is 0.425 e. The molecule has 0 fully saturated rings. The van der Waals surface area contributed by atoms with E-state index in [9.17, 15) is 18.0 Å². The van der Waals surface area contributed by atoms with Crippen molar-refractivity contribution in [2.24, 2.45) is 14.1 Å². The van der Waals surface area contributed by atoms with E-state index in [1.165, 1.54) is 16.8 Å². The van der Waals surface area contributed by atoms with Crippen molar-refractivity contribution in [3.05, 3.63) is 57.7 Å². The molecule has 0 spiro atoms. The molecule has 0 aromatic carbocycles. The molecule has 27 heavy (non-hydrogen) atoms. The van der Waals surface area contributed by atoms with Crippen LogP contribution in [-0.2, 0) is 26.8 Å². The van der Waals surface area contributed by atoms with Crippen molar-refractivity contribution >= 4 is 22.5 Å². The normalized spacial score (nSPS) is 12.2. The van der Waals surface area contributed by atoms with Crippen LogP contribution in [0.5, 0.6) is 0 Å². The summed E-state index contributed by atoms with van der Waals surface area (Å²) in [5.41, 5.74) is 2.16. The topological polar surface area (TPSA) is 57.6 Å². The number of nitrogens with zero attached hydrogens (tertiary/aromatic N) is 5. The van der Waals surface area contributed by atoms with E-state index in [2.05, 4.69) is 10.1 Å². The fraction of sp³-hybridized carbons (Fsp3) is 0.235. The molecule has 0 bridgehead atoms. The van der Waals surface area contributed by atoms with E-state index in [1.54, 1.807) is 41.8 Å². The zero-order valence-corrected chi connectivity index (χ0v) is 15.2. The van der Waals surface area contributed by atoms with Gasteiger partial charge in [0.05, 0.1) is 18.3 Å². The number of imidazole rings is 1. The Labute approximate surface area is 155 Å². The van der Waals surface area contributed by atoms with Gasteiger partial charge in [0.1, 0.15) is 4.88 Å². The molecule has 0 atom stereocenters. The van der Waals surface area contributed by atoms with Gasteiger partial charge in [-0.05, 0) is 18.2 Å². The van der Waals surface area contributed by atoms with Gasteiger partial charge in [0.25, 0.3) is 0 Å². The fourth-order valence-electron chi connectivity index (χ4n) is 2.95. The molecule has 0 amide bonds. The van der Waals surface area contributed by atoms with Gasteiger partial charge in [0.15, 0.2) is 5.65 Å².